The number of aliphatic hydroxyl groups excluding tert-OH is 1. The van der Waals surface area contributed by atoms with Crippen molar-refractivity contribution in [3.8, 4) is 0 Å². The van der Waals surface area contributed by atoms with E-state index in [0.29, 0.717) is 13.0 Å². The van der Waals surface area contributed by atoms with Gasteiger partial charge in [0.25, 0.3) is 0 Å². The highest BCUT2D eigenvalue weighted by atomic mass is 16.3. The molecular weight excluding hydrogens is 178 g/mol. The Hall–Kier alpha value is -1.35. The fourth-order valence-corrected chi connectivity index (χ4v) is 1.76. The van der Waals surface area contributed by atoms with Crippen LogP contribution >= 0.6 is 0 Å². The first-order valence-corrected chi connectivity index (χ1v) is 4.77. The number of carbonyl (C=O) groups excluding carboxylic acids is 1. The molecule has 0 saturated carbocycles. The number of carbonyl (C=O) groups is 1. The Morgan fingerprint density at radius 3 is 2.64 bits per heavy atom. The average Bonchev–Trinajstić information content (AvgIpc) is 2.61. The first kappa shape index (κ1) is 9.21. The molecule has 1 fully saturated rings. The second-order valence-corrected chi connectivity index (χ2v) is 3.59. The molecule has 0 aliphatic carbocycles. The molecule has 1 heterocycles. The molecular formula is C11H13NO2. The van der Waals surface area contributed by atoms with Crippen molar-refractivity contribution >= 4 is 11.6 Å². The fraction of sp³-hybridized carbons (Fsp3) is 0.364. The first-order valence-electron chi connectivity index (χ1n) is 4.77. The van der Waals surface area contributed by atoms with Gasteiger partial charge in [-0.2, -0.15) is 0 Å². The highest BCUT2D eigenvalue weighted by molar-refractivity contribution is 5.95. The topological polar surface area (TPSA) is 40.5 Å². The maximum atomic E-state index is 11.6. The molecule has 1 saturated heterocycles. The van der Waals surface area contributed by atoms with Crippen LogP contribution in [0.15, 0.2) is 30.3 Å². The van der Waals surface area contributed by atoms with E-state index < -0.39 is 0 Å². The molecule has 1 amide bonds. The van der Waals surface area contributed by atoms with Crippen LogP contribution in [0.3, 0.4) is 0 Å². The third kappa shape index (κ3) is 1.63. The predicted octanol–water partition coefficient (Wildman–Crippen LogP) is 1.03. The number of para-hydroxylation sites is 1. The minimum absolute atomic E-state index is 0.0923. The molecule has 2 rings (SSSR count). The zero-order chi connectivity index (χ0) is 9.97. The van der Waals surface area contributed by atoms with Gasteiger partial charge in [0.15, 0.2) is 0 Å². The molecule has 1 aliphatic rings. The second kappa shape index (κ2) is 3.80. The highest BCUT2D eigenvalue weighted by Crippen LogP contribution is 2.23. The standard InChI is InChI=1S/C11H13NO2/c13-8-9-6-11(14)12(7-9)10-4-2-1-3-5-10/h1-5,9,13H,6-8H2/t9-/m1/s1. The molecule has 0 bridgehead atoms. The van der Waals surface area contributed by atoms with Crippen molar-refractivity contribution in [2.75, 3.05) is 18.1 Å². The number of nitrogens with zero attached hydrogens (tertiary/aromatic N) is 1. The smallest absolute Gasteiger partial charge is 0.227 e. The van der Waals surface area contributed by atoms with E-state index in [1.165, 1.54) is 0 Å². The van der Waals surface area contributed by atoms with E-state index in [1.807, 2.05) is 30.3 Å². The Balaban J connectivity index is 2.17. The Labute approximate surface area is 83.0 Å². The van der Waals surface area contributed by atoms with Crippen molar-refractivity contribution < 1.29 is 9.90 Å². The van der Waals surface area contributed by atoms with E-state index in [4.69, 9.17) is 5.11 Å². The lowest BCUT2D eigenvalue weighted by molar-refractivity contribution is -0.117. The van der Waals surface area contributed by atoms with Crippen molar-refractivity contribution in [1.82, 2.24) is 0 Å². The van der Waals surface area contributed by atoms with E-state index in [0.717, 1.165) is 5.69 Å². The van der Waals surface area contributed by atoms with Crippen LogP contribution in [0.25, 0.3) is 0 Å². The van der Waals surface area contributed by atoms with E-state index in [2.05, 4.69) is 0 Å². The lowest BCUT2D eigenvalue weighted by atomic mass is 10.1. The summed E-state index contributed by atoms with van der Waals surface area (Å²) in [5.74, 6) is 0.206. The number of anilines is 1. The monoisotopic (exact) mass is 191 g/mol. The van der Waals surface area contributed by atoms with Crippen molar-refractivity contribution in [3.63, 3.8) is 0 Å². The SMILES string of the molecule is O=C1C[C@@H](CO)CN1c1ccccc1. The summed E-state index contributed by atoms with van der Waals surface area (Å²) in [6.07, 6.45) is 0.464. The quantitative estimate of drug-likeness (QED) is 0.758. The normalized spacial score (nSPS) is 21.6. The molecule has 1 atom stereocenters. The van der Waals surface area contributed by atoms with Crippen LogP contribution in [0.5, 0.6) is 0 Å². The van der Waals surface area contributed by atoms with E-state index in [-0.39, 0.29) is 18.4 Å². The van der Waals surface area contributed by atoms with Crippen LogP contribution in [-0.4, -0.2) is 24.2 Å². The van der Waals surface area contributed by atoms with Gasteiger partial charge in [-0.3, -0.25) is 4.79 Å². The minimum atomic E-state index is 0.0923. The Kier molecular flexibility index (Phi) is 2.50. The maximum Gasteiger partial charge on any atom is 0.227 e. The largest absolute Gasteiger partial charge is 0.396 e. The Morgan fingerprint density at radius 1 is 1.36 bits per heavy atom. The number of rotatable bonds is 2. The predicted molar refractivity (Wildman–Crippen MR) is 54.0 cm³/mol. The van der Waals surface area contributed by atoms with Gasteiger partial charge in [-0.25, -0.2) is 0 Å². The third-order valence-electron chi connectivity index (χ3n) is 2.53. The van der Waals surface area contributed by atoms with Crippen LogP contribution in [0, 0.1) is 5.92 Å². The summed E-state index contributed by atoms with van der Waals surface area (Å²) in [6, 6.07) is 9.58. The van der Waals surface area contributed by atoms with Crippen molar-refractivity contribution in [2.45, 2.75) is 6.42 Å². The summed E-state index contributed by atoms with van der Waals surface area (Å²) in [7, 11) is 0. The average molecular weight is 191 g/mol. The molecule has 74 valence electrons. The molecule has 1 aromatic carbocycles. The van der Waals surface area contributed by atoms with Gasteiger partial charge in [0.2, 0.25) is 5.91 Å². The molecule has 0 unspecified atom stereocenters. The minimum Gasteiger partial charge on any atom is -0.396 e. The van der Waals surface area contributed by atoms with Crippen LogP contribution in [0.2, 0.25) is 0 Å². The maximum absolute atomic E-state index is 11.6. The van der Waals surface area contributed by atoms with Crippen LogP contribution in [0.1, 0.15) is 6.42 Å². The summed E-state index contributed by atoms with van der Waals surface area (Å²) in [5.41, 5.74) is 0.924. The van der Waals surface area contributed by atoms with E-state index in [9.17, 15) is 4.79 Å². The van der Waals surface area contributed by atoms with Gasteiger partial charge in [0, 0.05) is 31.2 Å². The second-order valence-electron chi connectivity index (χ2n) is 3.59. The van der Waals surface area contributed by atoms with Crippen LogP contribution < -0.4 is 4.90 Å². The number of hydrogen-bond acceptors (Lipinski definition) is 2. The van der Waals surface area contributed by atoms with Gasteiger partial charge < -0.3 is 10.0 Å². The van der Waals surface area contributed by atoms with Gasteiger partial charge >= 0.3 is 0 Å². The summed E-state index contributed by atoms with van der Waals surface area (Å²) in [6.45, 7) is 0.731. The summed E-state index contributed by atoms with van der Waals surface area (Å²) in [5, 5.41) is 8.97. The summed E-state index contributed by atoms with van der Waals surface area (Å²) in [4.78, 5) is 13.3. The van der Waals surface area contributed by atoms with E-state index in [1.54, 1.807) is 4.90 Å². The van der Waals surface area contributed by atoms with Gasteiger partial charge in [-0.05, 0) is 12.1 Å². The molecule has 1 aromatic rings. The molecule has 3 nitrogen and oxygen atoms in total. The third-order valence-corrected chi connectivity index (χ3v) is 2.53. The number of amides is 1. The zero-order valence-electron chi connectivity index (χ0n) is 7.89. The number of benzene rings is 1. The number of aliphatic hydroxyl groups is 1. The fourth-order valence-electron chi connectivity index (χ4n) is 1.76. The summed E-state index contributed by atoms with van der Waals surface area (Å²) < 4.78 is 0. The van der Waals surface area contributed by atoms with Crippen LogP contribution in [0.4, 0.5) is 5.69 Å². The lowest BCUT2D eigenvalue weighted by Gasteiger charge is -2.15. The molecule has 0 radical (unpaired) electrons. The molecule has 0 spiro atoms. The number of hydrogen-bond donors (Lipinski definition) is 1. The Morgan fingerprint density at radius 2 is 2.07 bits per heavy atom. The zero-order valence-corrected chi connectivity index (χ0v) is 7.89. The van der Waals surface area contributed by atoms with Crippen molar-refractivity contribution in [1.29, 1.82) is 0 Å². The van der Waals surface area contributed by atoms with E-state index >= 15 is 0 Å². The molecule has 3 heteroatoms. The highest BCUT2D eigenvalue weighted by Gasteiger charge is 2.29. The molecule has 1 N–H and O–H groups in total. The van der Waals surface area contributed by atoms with Crippen molar-refractivity contribution in [3.05, 3.63) is 30.3 Å². The van der Waals surface area contributed by atoms with Crippen LogP contribution in [-0.2, 0) is 4.79 Å². The Bertz CT molecular complexity index is 323. The molecule has 14 heavy (non-hydrogen) atoms. The summed E-state index contributed by atoms with van der Waals surface area (Å²) >= 11 is 0. The lowest BCUT2D eigenvalue weighted by Crippen LogP contribution is -2.24. The van der Waals surface area contributed by atoms with Gasteiger partial charge in [0.05, 0.1) is 0 Å². The first-order chi connectivity index (χ1) is 6.81. The van der Waals surface area contributed by atoms with Gasteiger partial charge in [0.1, 0.15) is 0 Å². The van der Waals surface area contributed by atoms with Gasteiger partial charge in [-0.15, -0.1) is 0 Å². The van der Waals surface area contributed by atoms with Gasteiger partial charge in [-0.1, -0.05) is 18.2 Å². The molecule has 0 aromatic heterocycles. The van der Waals surface area contributed by atoms with Crippen molar-refractivity contribution in [2.24, 2.45) is 5.92 Å². The molecule has 1 aliphatic heterocycles.